The van der Waals surface area contributed by atoms with Crippen LogP contribution in [0.2, 0.25) is 0 Å². The first kappa shape index (κ1) is 14.0. The lowest BCUT2D eigenvalue weighted by molar-refractivity contribution is -0.155. The van der Waals surface area contributed by atoms with Crippen LogP contribution in [0.3, 0.4) is 0 Å². The van der Waals surface area contributed by atoms with Crippen LogP contribution in [0.25, 0.3) is 0 Å². The highest BCUT2D eigenvalue weighted by Gasteiger charge is 2.45. The van der Waals surface area contributed by atoms with E-state index < -0.39 is 5.54 Å². The van der Waals surface area contributed by atoms with Crippen LogP contribution in [0.15, 0.2) is 0 Å². The SMILES string of the molecule is CCOC(=O)[C@](C)(NC(=O)[C@@H]1C[C@@H]1C)C(C)C. The van der Waals surface area contributed by atoms with Crippen molar-refractivity contribution in [3.63, 3.8) is 0 Å². The highest BCUT2D eigenvalue weighted by Crippen LogP contribution is 2.38. The van der Waals surface area contributed by atoms with Gasteiger partial charge >= 0.3 is 5.97 Å². The van der Waals surface area contributed by atoms with Gasteiger partial charge in [-0.2, -0.15) is 0 Å². The van der Waals surface area contributed by atoms with Gasteiger partial charge in [0.1, 0.15) is 5.54 Å². The van der Waals surface area contributed by atoms with Crippen LogP contribution >= 0.6 is 0 Å². The van der Waals surface area contributed by atoms with E-state index in [0.29, 0.717) is 12.5 Å². The van der Waals surface area contributed by atoms with Gasteiger partial charge in [0, 0.05) is 5.92 Å². The summed E-state index contributed by atoms with van der Waals surface area (Å²) in [6.45, 7) is 9.70. The fourth-order valence-electron chi connectivity index (χ4n) is 1.75. The summed E-state index contributed by atoms with van der Waals surface area (Å²) in [6, 6.07) is 0. The average molecular weight is 241 g/mol. The van der Waals surface area contributed by atoms with Crippen LogP contribution in [-0.2, 0) is 14.3 Å². The minimum Gasteiger partial charge on any atom is -0.464 e. The first-order chi connectivity index (χ1) is 7.82. The molecule has 0 radical (unpaired) electrons. The van der Waals surface area contributed by atoms with Crippen molar-refractivity contribution in [2.24, 2.45) is 17.8 Å². The predicted molar refractivity (Wildman–Crippen MR) is 65.3 cm³/mol. The van der Waals surface area contributed by atoms with Gasteiger partial charge in [0.05, 0.1) is 6.61 Å². The molecule has 1 rings (SSSR count). The molecule has 1 amide bonds. The molecule has 0 unspecified atom stereocenters. The number of amides is 1. The van der Waals surface area contributed by atoms with Crippen molar-refractivity contribution in [3.8, 4) is 0 Å². The first-order valence-corrected chi connectivity index (χ1v) is 6.32. The number of esters is 1. The van der Waals surface area contributed by atoms with Gasteiger partial charge in [0.15, 0.2) is 0 Å². The van der Waals surface area contributed by atoms with E-state index >= 15 is 0 Å². The van der Waals surface area contributed by atoms with Gasteiger partial charge < -0.3 is 10.1 Å². The molecule has 0 spiro atoms. The molecule has 1 N–H and O–H groups in total. The summed E-state index contributed by atoms with van der Waals surface area (Å²) in [5.74, 6) is 0.133. The van der Waals surface area contributed by atoms with Gasteiger partial charge in [0.25, 0.3) is 0 Å². The molecule has 17 heavy (non-hydrogen) atoms. The largest absolute Gasteiger partial charge is 0.464 e. The smallest absolute Gasteiger partial charge is 0.331 e. The fourth-order valence-corrected chi connectivity index (χ4v) is 1.75. The Labute approximate surface area is 103 Å². The third kappa shape index (κ3) is 2.99. The van der Waals surface area contributed by atoms with Crippen LogP contribution in [0.1, 0.15) is 41.0 Å². The van der Waals surface area contributed by atoms with Gasteiger partial charge in [-0.05, 0) is 32.1 Å². The molecular formula is C13H23NO3. The molecule has 0 aromatic rings. The Hall–Kier alpha value is -1.06. The van der Waals surface area contributed by atoms with Crippen LogP contribution in [0, 0.1) is 17.8 Å². The lowest BCUT2D eigenvalue weighted by Gasteiger charge is -2.32. The van der Waals surface area contributed by atoms with Crippen LogP contribution in [0.5, 0.6) is 0 Å². The maximum absolute atomic E-state index is 11.9. The number of hydrogen-bond donors (Lipinski definition) is 1. The van der Waals surface area contributed by atoms with Gasteiger partial charge in [0.2, 0.25) is 5.91 Å². The second-order valence-corrected chi connectivity index (χ2v) is 5.39. The van der Waals surface area contributed by atoms with E-state index in [1.54, 1.807) is 13.8 Å². The van der Waals surface area contributed by atoms with Crippen LogP contribution in [0.4, 0.5) is 0 Å². The van der Waals surface area contributed by atoms with Gasteiger partial charge in [-0.1, -0.05) is 20.8 Å². The maximum atomic E-state index is 11.9. The van der Waals surface area contributed by atoms with Crippen molar-refractivity contribution in [1.82, 2.24) is 5.32 Å². The van der Waals surface area contributed by atoms with E-state index in [2.05, 4.69) is 5.32 Å². The van der Waals surface area contributed by atoms with E-state index in [0.717, 1.165) is 6.42 Å². The summed E-state index contributed by atoms with van der Waals surface area (Å²) in [5.41, 5.74) is -0.921. The fraction of sp³-hybridized carbons (Fsp3) is 0.846. The highest BCUT2D eigenvalue weighted by molar-refractivity contribution is 5.90. The number of carbonyl (C=O) groups excluding carboxylic acids is 2. The highest BCUT2D eigenvalue weighted by atomic mass is 16.5. The quantitative estimate of drug-likeness (QED) is 0.746. The minimum atomic E-state index is -0.921. The molecule has 0 aliphatic heterocycles. The average Bonchev–Trinajstić information content (AvgIpc) is 2.95. The molecule has 1 aliphatic carbocycles. The molecule has 0 aromatic carbocycles. The summed E-state index contributed by atoms with van der Waals surface area (Å²) < 4.78 is 5.04. The third-order valence-corrected chi connectivity index (χ3v) is 3.68. The molecule has 3 atom stereocenters. The molecule has 4 heteroatoms. The number of carbonyl (C=O) groups is 2. The number of hydrogen-bond acceptors (Lipinski definition) is 3. The summed E-state index contributed by atoms with van der Waals surface area (Å²) in [5, 5.41) is 2.86. The summed E-state index contributed by atoms with van der Waals surface area (Å²) in [4.78, 5) is 23.9. The van der Waals surface area contributed by atoms with E-state index in [4.69, 9.17) is 4.74 Å². The molecule has 0 aromatic heterocycles. The Balaban J connectivity index is 2.71. The van der Waals surface area contributed by atoms with Crippen molar-refractivity contribution in [2.45, 2.75) is 46.6 Å². The first-order valence-electron chi connectivity index (χ1n) is 6.32. The second kappa shape index (κ2) is 5.07. The molecule has 1 aliphatic rings. The molecular weight excluding hydrogens is 218 g/mol. The van der Waals surface area contributed by atoms with Crippen molar-refractivity contribution in [2.75, 3.05) is 6.61 Å². The monoisotopic (exact) mass is 241 g/mol. The standard InChI is InChI=1S/C13H23NO3/c1-6-17-12(16)13(5,8(2)3)14-11(15)10-7-9(10)4/h8-10H,6-7H2,1-5H3,(H,14,15)/t9-,10+,13+/m0/s1. The Morgan fingerprint density at radius 2 is 2.00 bits per heavy atom. The van der Waals surface area contributed by atoms with E-state index in [1.807, 2.05) is 20.8 Å². The van der Waals surface area contributed by atoms with Crippen molar-refractivity contribution in [3.05, 3.63) is 0 Å². The lowest BCUT2D eigenvalue weighted by Crippen LogP contribution is -2.57. The number of nitrogens with one attached hydrogen (secondary N) is 1. The van der Waals surface area contributed by atoms with Crippen LogP contribution < -0.4 is 5.32 Å². The molecule has 98 valence electrons. The third-order valence-electron chi connectivity index (χ3n) is 3.68. The molecule has 0 heterocycles. The Morgan fingerprint density at radius 1 is 1.47 bits per heavy atom. The summed E-state index contributed by atoms with van der Waals surface area (Å²) in [6.07, 6.45) is 0.919. The zero-order chi connectivity index (χ0) is 13.2. The Morgan fingerprint density at radius 3 is 2.35 bits per heavy atom. The Kier molecular flexibility index (Phi) is 4.17. The van der Waals surface area contributed by atoms with Crippen molar-refractivity contribution in [1.29, 1.82) is 0 Å². The van der Waals surface area contributed by atoms with Gasteiger partial charge in [-0.25, -0.2) is 4.79 Å². The zero-order valence-corrected chi connectivity index (χ0v) is 11.4. The van der Waals surface area contributed by atoms with Gasteiger partial charge in [-0.15, -0.1) is 0 Å². The number of rotatable bonds is 5. The van der Waals surface area contributed by atoms with Crippen LogP contribution in [-0.4, -0.2) is 24.0 Å². The predicted octanol–water partition coefficient (Wildman–Crippen LogP) is 1.74. The summed E-state index contributed by atoms with van der Waals surface area (Å²) >= 11 is 0. The topological polar surface area (TPSA) is 55.4 Å². The van der Waals surface area contributed by atoms with E-state index in [9.17, 15) is 9.59 Å². The van der Waals surface area contributed by atoms with Crippen molar-refractivity contribution < 1.29 is 14.3 Å². The lowest BCUT2D eigenvalue weighted by atomic mass is 9.88. The summed E-state index contributed by atoms with van der Waals surface area (Å²) in [7, 11) is 0. The molecule has 1 fully saturated rings. The van der Waals surface area contributed by atoms with E-state index in [1.165, 1.54) is 0 Å². The molecule has 1 saturated carbocycles. The normalized spacial score (nSPS) is 26.2. The minimum absolute atomic E-state index is 0.000411. The molecule has 0 saturated heterocycles. The molecule has 4 nitrogen and oxygen atoms in total. The molecule has 0 bridgehead atoms. The van der Waals surface area contributed by atoms with Gasteiger partial charge in [-0.3, -0.25) is 4.79 Å². The number of ether oxygens (including phenoxy) is 1. The maximum Gasteiger partial charge on any atom is 0.331 e. The van der Waals surface area contributed by atoms with E-state index in [-0.39, 0.29) is 23.7 Å². The Bertz CT molecular complexity index is 314. The second-order valence-electron chi connectivity index (χ2n) is 5.39. The van der Waals surface area contributed by atoms with Crippen molar-refractivity contribution >= 4 is 11.9 Å². The zero-order valence-electron chi connectivity index (χ0n) is 11.4.